The fraction of sp³-hybridized carbons (Fsp3) is 0.425. The number of para-hydroxylation sites is 1. The minimum atomic E-state index is -3.29. The Morgan fingerprint density at radius 3 is 2.12 bits per heavy atom. The van der Waals surface area contributed by atoms with Gasteiger partial charge in [-0.15, -0.1) is 0 Å². The molecule has 282 valence electrons. The van der Waals surface area contributed by atoms with E-state index in [1.165, 1.54) is 12.3 Å². The van der Waals surface area contributed by atoms with Crippen molar-refractivity contribution in [1.82, 2.24) is 20.0 Å². The number of halogens is 2. The average molecular weight is 739 g/mol. The lowest BCUT2D eigenvalue weighted by atomic mass is 10.2. The van der Waals surface area contributed by atoms with Crippen molar-refractivity contribution in [1.29, 1.82) is 0 Å². The molecule has 1 fully saturated rings. The predicted octanol–water partition coefficient (Wildman–Crippen LogP) is 8.98. The lowest BCUT2D eigenvalue weighted by molar-refractivity contribution is -0.121. The molecule has 12 heteroatoms. The molecule has 1 aromatic carbocycles. The Balaban J connectivity index is 1.29. The van der Waals surface area contributed by atoms with Gasteiger partial charge in [0.05, 0.1) is 12.7 Å². The number of aryl methyl sites for hydroxylation is 1. The third kappa shape index (κ3) is 17.5. The molecule has 1 amide bonds. The lowest BCUT2D eigenvalue weighted by Gasteiger charge is -2.21. The van der Waals surface area contributed by atoms with Gasteiger partial charge in [-0.25, -0.2) is 18.7 Å². The van der Waals surface area contributed by atoms with Gasteiger partial charge in [-0.05, 0) is 70.1 Å². The molecular weight excluding hydrogens is 685 g/mol. The molecule has 1 aliphatic rings. The van der Waals surface area contributed by atoms with E-state index < -0.39 is 38.9 Å². The second-order valence-electron chi connectivity index (χ2n) is 12.0. The van der Waals surface area contributed by atoms with Crippen molar-refractivity contribution in [3.8, 4) is 5.75 Å². The van der Waals surface area contributed by atoms with Crippen molar-refractivity contribution in [3.63, 3.8) is 0 Å². The molecule has 1 aromatic heterocycles. The van der Waals surface area contributed by atoms with Gasteiger partial charge in [-0.3, -0.25) is 9.36 Å². The number of hydrogen-bond donors (Lipinski definition) is 2. The standard InChI is InChI=1S/C40H53F2N4O5P/c1-3-4-5-6-7-8-9-10-11-12-13-14-15-16-17-18-19-20-24-27-37(47)43-29-30-44-52(51-35-25-22-21-23-26-35)49-33-36-32-40(41,42)38(50-36)46-31-28-34(2)45-39(46)48/h4-5,7-8,10-11,13-14,16-17,19-23,25-26,28,31,36,38,44H,3,6,9,12,15,18,24,27,29-30,32-33H2,1-2H3,(H,43,47)/b5-4-,8-7-,11-10-,14-13-,17-16-,20-19-. The van der Waals surface area contributed by atoms with Crippen LogP contribution in [0.3, 0.4) is 0 Å². The van der Waals surface area contributed by atoms with Gasteiger partial charge in [-0.2, -0.15) is 4.98 Å². The summed E-state index contributed by atoms with van der Waals surface area (Å²) in [7, 11) is -1.76. The van der Waals surface area contributed by atoms with Crippen molar-refractivity contribution < 1.29 is 27.4 Å². The summed E-state index contributed by atoms with van der Waals surface area (Å²) in [5.41, 5.74) is -0.375. The van der Waals surface area contributed by atoms with Crippen LogP contribution >= 0.6 is 8.53 Å². The number of ether oxygens (including phenoxy) is 1. The number of hydrogen-bond acceptors (Lipinski definition) is 7. The zero-order valence-electron chi connectivity index (χ0n) is 30.2. The molecule has 0 spiro atoms. The van der Waals surface area contributed by atoms with Crippen LogP contribution in [0.1, 0.15) is 76.6 Å². The molecule has 3 unspecified atom stereocenters. The summed E-state index contributed by atoms with van der Waals surface area (Å²) in [5.74, 6) is -2.83. The molecule has 2 heterocycles. The minimum absolute atomic E-state index is 0.0796. The molecular formula is C40H53F2N4O5P. The molecule has 1 aliphatic heterocycles. The maximum Gasteiger partial charge on any atom is 0.350 e. The molecule has 0 bridgehead atoms. The fourth-order valence-electron chi connectivity index (χ4n) is 4.90. The average Bonchev–Trinajstić information content (AvgIpc) is 3.43. The van der Waals surface area contributed by atoms with E-state index >= 15 is 0 Å². The number of allylic oxidation sites excluding steroid dienone is 12. The summed E-state index contributed by atoms with van der Waals surface area (Å²) >= 11 is 0. The monoisotopic (exact) mass is 738 g/mol. The van der Waals surface area contributed by atoms with Gasteiger partial charge in [0.25, 0.3) is 5.92 Å². The van der Waals surface area contributed by atoms with E-state index in [-0.39, 0.29) is 12.5 Å². The van der Waals surface area contributed by atoms with Crippen molar-refractivity contribution >= 4 is 14.4 Å². The largest absolute Gasteiger partial charge is 0.436 e. The molecule has 9 nitrogen and oxygen atoms in total. The second-order valence-corrected chi connectivity index (χ2v) is 13.3. The number of carbonyl (C=O) groups excluding carboxylic acids is 1. The summed E-state index contributed by atoms with van der Waals surface area (Å²) in [6.45, 7) is 4.22. The Hall–Kier alpha value is -4.02. The van der Waals surface area contributed by atoms with E-state index in [0.717, 1.165) is 43.1 Å². The number of carbonyl (C=O) groups is 1. The van der Waals surface area contributed by atoms with Crippen LogP contribution in [0, 0.1) is 6.92 Å². The first-order chi connectivity index (χ1) is 25.3. The van der Waals surface area contributed by atoms with Gasteiger partial charge < -0.3 is 19.1 Å². The van der Waals surface area contributed by atoms with Gasteiger partial charge in [0, 0.05) is 37.8 Å². The Bertz CT molecular complexity index is 1560. The highest BCUT2D eigenvalue weighted by Gasteiger charge is 2.52. The van der Waals surface area contributed by atoms with Crippen LogP contribution in [0.15, 0.2) is 120 Å². The first kappa shape index (κ1) is 42.4. The number of nitrogens with one attached hydrogen (secondary N) is 2. The zero-order valence-corrected chi connectivity index (χ0v) is 31.1. The Kier molecular flexibility index (Phi) is 20.4. The van der Waals surface area contributed by atoms with Gasteiger partial charge >= 0.3 is 14.2 Å². The Labute approximate surface area is 308 Å². The van der Waals surface area contributed by atoms with Gasteiger partial charge in [0.1, 0.15) is 5.75 Å². The third-order valence-corrected chi connectivity index (χ3v) is 8.78. The first-order valence-corrected chi connectivity index (χ1v) is 19.1. The normalized spacial score (nSPS) is 18.2. The predicted molar refractivity (Wildman–Crippen MR) is 205 cm³/mol. The van der Waals surface area contributed by atoms with E-state index in [9.17, 15) is 18.4 Å². The van der Waals surface area contributed by atoms with Crippen molar-refractivity contribution in [2.24, 2.45) is 0 Å². The molecule has 0 aliphatic carbocycles. The fourth-order valence-corrected chi connectivity index (χ4v) is 6.02. The van der Waals surface area contributed by atoms with Crippen LogP contribution < -0.4 is 20.6 Å². The molecule has 2 N–H and O–H groups in total. The summed E-state index contributed by atoms with van der Waals surface area (Å²) in [5, 5.41) is 5.99. The number of nitrogens with zero attached hydrogens (tertiary/aromatic N) is 2. The number of benzene rings is 1. The van der Waals surface area contributed by atoms with Gasteiger partial charge in [-0.1, -0.05) is 98.0 Å². The Morgan fingerprint density at radius 1 is 0.923 bits per heavy atom. The molecule has 1 saturated heterocycles. The number of rotatable bonds is 24. The highest BCUT2D eigenvalue weighted by molar-refractivity contribution is 7.45. The molecule has 2 aromatic rings. The van der Waals surface area contributed by atoms with E-state index in [1.54, 1.807) is 31.2 Å². The Morgan fingerprint density at radius 2 is 1.52 bits per heavy atom. The van der Waals surface area contributed by atoms with Crippen LogP contribution in [0.25, 0.3) is 0 Å². The first-order valence-electron chi connectivity index (χ1n) is 17.9. The zero-order chi connectivity index (χ0) is 37.3. The third-order valence-electron chi connectivity index (χ3n) is 7.54. The smallest absolute Gasteiger partial charge is 0.350 e. The topological polar surface area (TPSA) is 104 Å². The minimum Gasteiger partial charge on any atom is -0.436 e. The van der Waals surface area contributed by atoms with E-state index in [0.29, 0.717) is 37.4 Å². The second kappa shape index (κ2) is 25.0. The lowest BCUT2D eigenvalue weighted by Crippen LogP contribution is -2.35. The molecule has 0 saturated carbocycles. The number of alkyl halides is 2. The SMILES string of the molecule is CC/C=C\C/C=C\C/C=C\C/C=C\C/C=C\C/C=C\CCC(=O)NCCNP(OCC1CC(F)(F)C(n2ccc(C)nc2=O)O1)Oc1ccccc1. The van der Waals surface area contributed by atoms with Crippen LogP contribution in [0.2, 0.25) is 0 Å². The maximum absolute atomic E-state index is 14.8. The summed E-state index contributed by atoms with van der Waals surface area (Å²) in [6, 6.07) is 10.4. The molecule has 3 atom stereocenters. The van der Waals surface area contributed by atoms with Crippen LogP contribution in [0.4, 0.5) is 8.78 Å². The van der Waals surface area contributed by atoms with E-state index in [1.807, 2.05) is 12.1 Å². The number of aromatic nitrogens is 2. The summed E-state index contributed by atoms with van der Waals surface area (Å²) < 4.78 is 47.9. The van der Waals surface area contributed by atoms with E-state index in [2.05, 4.69) is 89.1 Å². The van der Waals surface area contributed by atoms with Crippen LogP contribution in [-0.2, 0) is 14.1 Å². The van der Waals surface area contributed by atoms with Crippen molar-refractivity contribution in [2.45, 2.75) is 89.9 Å². The quantitative estimate of drug-likeness (QED) is 0.0630. The van der Waals surface area contributed by atoms with Crippen LogP contribution in [-0.4, -0.2) is 47.2 Å². The van der Waals surface area contributed by atoms with Gasteiger partial charge in [0.2, 0.25) is 12.1 Å². The number of amides is 1. The van der Waals surface area contributed by atoms with Gasteiger partial charge in [0.15, 0.2) is 0 Å². The maximum atomic E-state index is 14.8. The summed E-state index contributed by atoms with van der Waals surface area (Å²) in [6.07, 6.45) is 30.3. The summed E-state index contributed by atoms with van der Waals surface area (Å²) in [4.78, 5) is 28.3. The van der Waals surface area contributed by atoms with Crippen molar-refractivity contribution in [2.75, 3.05) is 19.7 Å². The molecule has 52 heavy (non-hydrogen) atoms. The highest BCUT2D eigenvalue weighted by atomic mass is 31.2. The van der Waals surface area contributed by atoms with E-state index in [4.69, 9.17) is 13.8 Å². The molecule has 0 radical (unpaired) electrons. The highest BCUT2D eigenvalue weighted by Crippen LogP contribution is 2.43. The van der Waals surface area contributed by atoms with Crippen molar-refractivity contribution in [3.05, 3.63) is 132 Å². The molecule has 3 rings (SSSR count). The van der Waals surface area contributed by atoms with Crippen LogP contribution in [0.5, 0.6) is 5.75 Å².